The van der Waals surface area contributed by atoms with Gasteiger partial charge in [0.1, 0.15) is 17.1 Å². The van der Waals surface area contributed by atoms with Gasteiger partial charge in [0, 0.05) is 50.8 Å². The van der Waals surface area contributed by atoms with E-state index in [9.17, 15) is 14.7 Å². The average molecular weight is 554 g/mol. The first-order valence-corrected chi connectivity index (χ1v) is 15.5. The van der Waals surface area contributed by atoms with Crippen molar-refractivity contribution < 1.29 is 19.4 Å². The number of rotatable bonds is 4. The van der Waals surface area contributed by atoms with E-state index in [0.717, 1.165) is 83.5 Å². The predicted octanol–water partition coefficient (Wildman–Crippen LogP) is 3.66. The molecule has 9 nitrogen and oxygen atoms in total. The van der Waals surface area contributed by atoms with Gasteiger partial charge >= 0.3 is 6.09 Å². The van der Waals surface area contributed by atoms with E-state index in [1.54, 1.807) is 0 Å². The van der Waals surface area contributed by atoms with Crippen LogP contribution in [0, 0.1) is 17.8 Å². The second kappa shape index (κ2) is 10.5. The van der Waals surface area contributed by atoms with E-state index in [-0.39, 0.29) is 24.1 Å². The summed E-state index contributed by atoms with van der Waals surface area (Å²) in [4.78, 5) is 37.3. The summed E-state index contributed by atoms with van der Waals surface area (Å²) >= 11 is 0. The molecule has 4 bridgehead atoms. The van der Waals surface area contributed by atoms with Crippen LogP contribution >= 0.6 is 0 Å². The van der Waals surface area contributed by atoms with Gasteiger partial charge in [-0.2, -0.15) is 0 Å². The Morgan fingerprint density at radius 1 is 1.05 bits per heavy atom. The van der Waals surface area contributed by atoms with Gasteiger partial charge < -0.3 is 25.0 Å². The van der Waals surface area contributed by atoms with Crippen LogP contribution in [0.4, 0.5) is 10.6 Å². The zero-order chi connectivity index (χ0) is 28.2. The lowest BCUT2D eigenvalue weighted by Gasteiger charge is -2.58. The number of pyridine rings is 1. The van der Waals surface area contributed by atoms with Gasteiger partial charge in [-0.05, 0) is 103 Å². The molecule has 2 amide bonds. The first-order chi connectivity index (χ1) is 19.0. The van der Waals surface area contributed by atoms with Crippen LogP contribution in [0.15, 0.2) is 18.2 Å². The van der Waals surface area contributed by atoms with Crippen LogP contribution < -0.4 is 10.2 Å². The Labute approximate surface area is 238 Å². The molecular formula is C31H47N5O4. The fourth-order valence-electron chi connectivity index (χ4n) is 8.55. The SMILES string of the molecule is C[C@@H]1CN(C2CCN(C(=O)OC(C)(C)C)CC2)CCN1c1cccc(C(=O)NC2[C@@H]3CC4C[C@@H]2CC(O)(C4)C3)n1. The highest BCUT2D eigenvalue weighted by Gasteiger charge is 2.55. The summed E-state index contributed by atoms with van der Waals surface area (Å²) in [6.07, 6.45) is 6.54. The first-order valence-electron chi connectivity index (χ1n) is 15.5. The number of hydrogen-bond donors (Lipinski definition) is 2. The molecule has 0 aromatic carbocycles. The minimum absolute atomic E-state index is 0.0886. The van der Waals surface area contributed by atoms with Crippen molar-refractivity contribution in [1.82, 2.24) is 20.1 Å². The topological polar surface area (TPSA) is 98.2 Å². The van der Waals surface area contributed by atoms with Crippen molar-refractivity contribution in [2.75, 3.05) is 37.6 Å². The van der Waals surface area contributed by atoms with Crippen LogP contribution in [0.5, 0.6) is 0 Å². The highest BCUT2D eigenvalue weighted by molar-refractivity contribution is 5.93. The molecule has 6 aliphatic rings. The van der Waals surface area contributed by atoms with Crippen molar-refractivity contribution in [2.24, 2.45) is 17.8 Å². The number of amides is 2. The van der Waals surface area contributed by atoms with E-state index in [1.165, 1.54) is 0 Å². The fraction of sp³-hybridized carbons (Fsp3) is 0.774. The number of ether oxygens (including phenoxy) is 1. The molecule has 4 aliphatic carbocycles. The molecule has 3 heterocycles. The summed E-state index contributed by atoms with van der Waals surface area (Å²) < 4.78 is 5.56. The van der Waals surface area contributed by atoms with Crippen molar-refractivity contribution in [2.45, 2.75) is 102 Å². The maximum absolute atomic E-state index is 13.3. The maximum Gasteiger partial charge on any atom is 0.410 e. The molecule has 7 rings (SSSR count). The molecule has 2 saturated heterocycles. The second-order valence-corrected chi connectivity index (χ2v) is 14.3. The molecule has 9 heteroatoms. The van der Waals surface area contributed by atoms with Gasteiger partial charge in [-0.25, -0.2) is 9.78 Å². The first kappa shape index (κ1) is 27.8. The van der Waals surface area contributed by atoms with Gasteiger partial charge in [0.05, 0.1) is 5.60 Å². The fourth-order valence-corrected chi connectivity index (χ4v) is 8.55. The third-order valence-electron chi connectivity index (χ3n) is 10.1. The molecule has 3 atom stereocenters. The Kier molecular flexibility index (Phi) is 7.26. The highest BCUT2D eigenvalue weighted by Crippen LogP contribution is 2.55. The summed E-state index contributed by atoms with van der Waals surface area (Å²) in [5.74, 6) is 2.16. The van der Waals surface area contributed by atoms with Crippen LogP contribution in [-0.2, 0) is 4.74 Å². The van der Waals surface area contributed by atoms with E-state index in [0.29, 0.717) is 29.5 Å². The average Bonchev–Trinajstić information content (AvgIpc) is 2.89. The number of aliphatic hydroxyl groups is 1. The summed E-state index contributed by atoms with van der Waals surface area (Å²) in [5.41, 5.74) is -0.484. The standard InChI is InChI=1S/C31H47N5O4/c1-20-19-35(24-8-10-34(11-9-24)29(38)40-30(2,3)4)12-13-36(20)26-7-5-6-25(32-26)28(37)33-27-22-14-21-15-23(27)18-31(39,16-21)17-22/h5-7,20-24,27,39H,8-19H2,1-4H3,(H,33,37)/t20-,21?,22-,23-,27?,31?/m1/s1. The summed E-state index contributed by atoms with van der Waals surface area (Å²) in [6.45, 7) is 12.2. The highest BCUT2D eigenvalue weighted by atomic mass is 16.6. The molecular weight excluding hydrogens is 506 g/mol. The van der Waals surface area contributed by atoms with E-state index < -0.39 is 11.2 Å². The van der Waals surface area contributed by atoms with E-state index >= 15 is 0 Å². The molecule has 0 unspecified atom stereocenters. The van der Waals surface area contributed by atoms with Crippen LogP contribution in [0.25, 0.3) is 0 Å². The van der Waals surface area contributed by atoms with E-state index in [2.05, 4.69) is 22.0 Å². The summed E-state index contributed by atoms with van der Waals surface area (Å²) in [6, 6.07) is 6.67. The molecule has 2 N–H and O–H groups in total. The van der Waals surface area contributed by atoms with Gasteiger partial charge in [0.15, 0.2) is 0 Å². The molecule has 1 aromatic heterocycles. The number of piperidine rings is 1. The van der Waals surface area contributed by atoms with Gasteiger partial charge in [0.2, 0.25) is 0 Å². The van der Waals surface area contributed by atoms with Crippen molar-refractivity contribution in [1.29, 1.82) is 0 Å². The quantitative estimate of drug-likeness (QED) is 0.587. The number of carbonyl (C=O) groups excluding carboxylic acids is 2. The van der Waals surface area contributed by atoms with Crippen LogP contribution in [0.1, 0.15) is 83.1 Å². The monoisotopic (exact) mass is 553 g/mol. The van der Waals surface area contributed by atoms with Crippen molar-refractivity contribution in [3.63, 3.8) is 0 Å². The third-order valence-corrected chi connectivity index (χ3v) is 10.1. The summed E-state index contributed by atoms with van der Waals surface area (Å²) in [5, 5.41) is 14.2. The lowest BCUT2D eigenvalue weighted by Crippen LogP contribution is -2.61. The minimum atomic E-state index is -0.497. The number of hydrogen-bond acceptors (Lipinski definition) is 7. The van der Waals surface area contributed by atoms with Crippen molar-refractivity contribution >= 4 is 17.8 Å². The number of aromatic nitrogens is 1. The van der Waals surface area contributed by atoms with E-state index in [1.807, 2.05) is 43.9 Å². The zero-order valence-corrected chi connectivity index (χ0v) is 24.6. The molecule has 220 valence electrons. The number of nitrogens with one attached hydrogen (secondary N) is 1. The van der Waals surface area contributed by atoms with Crippen LogP contribution in [0.2, 0.25) is 0 Å². The molecule has 40 heavy (non-hydrogen) atoms. The number of piperazine rings is 1. The van der Waals surface area contributed by atoms with Crippen molar-refractivity contribution in [3.05, 3.63) is 23.9 Å². The normalized spacial score (nSPS) is 34.7. The smallest absolute Gasteiger partial charge is 0.410 e. The summed E-state index contributed by atoms with van der Waals surface area (Å²) in [7, 11) is 0. The van der Waals surface area contributed by atoms with Crippen LogP contribution in [0.3, 0.4) is 0 Å². The Bertz CT molecular complexity index is 1100. The minimum Gasteiger partial charge on any atom is -0.444 e. The van der Waals surface area contributed by atoms with Gasteiger partial charge in [-0.3, -0.25) is 9.69 Å². The Morgan fingerprint density at radius 2 is 1.75 bits per heavy atom. The van der Waals surface area contributed by atoms with Gasteiger partial charge in [-0.15, -0.1) is 0 Å². The predicted molar refractivity (Wildman–Crippen MR) is 153 cm³/mol. The van der Waals surface area contributed by atoms with Crippen molar-refractivity contribution in [3.8, 4) is 0 Å². The lowest BCUT2D eigenvalue weighted by atomic mass is 9.52. The number of anilines is 1. The van der Waals surface area contributed by atoms with Gasteiger partial charge in [-0.1, -0.05) is 6.07 Å². The Morgan fingerprint density at radius 3 is 2.38 bits per heavy atom. The molecule has 0 radical (unpaired) electrons. The third kappa shape index (κ3) is 5.69. The molecule has 6 fully saturated rings. The number of likely N-dealkylation sites (tertiary alicyclic amines) is 1. The number of carbonyl (C=O) groups is 2. The molecule has 1 aromatic rings. The Hall–Kier alpha value is -2.39. The molecule has 0 spiro atoms. The zero-order valence-electron chi connectivity index (χ0n) is 24.6. The molecule has 4 saturated carbocycles. The van der Waals surface area contributed by atoms with E-state index in [4.69, 9.17) is 9.72 Å². The van der Waals surface area contributed by atoms with Crippen LogP contribution in [-0.4, -0.2) is 93.9 Å². The lowest BCUT2D eigenvalue weighted by molar-refractivity contribution is -0.136. The largest absolute Gasteiger partial charge is 0.444 e. The van der Waals surface area contributed by atoms with Gasteiger partial charge in [0.25, 0.3) is 5.91 Å². The second-order valence-electron chi connectivity index (χ2n) is 14.3. The Balaban J connectivity index is 1.03. The molecule has 2 aliphatic heterocycles. The maximum atomic E-state index is 13.3. The number of nitrogens with zero attached hydrogens (tertiary/aromatic N) is 4.